The van der Waals surface area contributed by atoms with Gasteiger partial charge in [-0.3, -0.25) is 9.59 Å². The molecule has 0 radical (unpaired) electrons. The van der Waals surface area contributed by atoms with Crippen LogP contribution in [0.2, 0.25) is 0 Å². The number of nitrogens with zero attached hydrogens (tertiary/aromatic N) is 2. The molecule has 3 N–H and O–H groups in total. The summed E-state index contributed by atoms with van der Waals surface area (Å²) in [6, 6.07) is 23.3. The maximum Gasteiger partial charge on any atom is 0.253 e. The summed E-state index contributed by atoms with van der Waals surface area (Å²) in [5.41, 5.74) is 4.08. The third-order valence-electron chi connectivity index (χ3n) is 6.23. The van der Waals surface area contributed by atoms with Crippen LogP contribution in [0, 0.1) is 0 Å². The lowest BCUT2D eigenvalue weighted by Crippen LogP contribution is -2.28. The number of methoxy groups -OCH3 is 2. The van der Waals surface area contributed by atoms with E-state index in [1.54, 1.807) is 44.4 Å². The zero-order valence-electron chi connectivity index (χ0n) is 23.8. The van der Waals surface area contributed by atoms with E-state index in [0.717, 1.165) is 16.8 Å². The molecule has 4 rings (SSSR count). The Morgan fingerprint density at radius 3 is 2.38 bits per heavy atom. The van der Waals surface area contributed by atoms with Crippen molar-refractivity contribution in [1.29, 1.82) is 0 Å². The van der Waals surface area contributed by atoms with Crippen LogP contribution >= 0.6 is 0 Å². The molecule has 0 spiro atoms. The van der Waals surface area contributed by atoms with Crippen molar-refractivity contribution >= 4 is 34.6 Å². The maximum absolute atomic E-state index is 13.4. The molecule has 2 amide bonds. The van der Waals surface area contributed by atoms with Gasteiger partial charge in [-0.1, -0.05) is 24.3 Å². The molecule has 42 heavy (non-hydrogen) atoms. The van der Waals surface area contributed by atoms with Gasteiger partial charge in [-0.15, -0.1) is 0 Å². The minimum absolute atomic E-state index is 0.0962. The first kappa shape index (κ1) is 30.2. The van der Waals surface area contributed by atoms with E-state index in [-0.39, 0.29) is 11.8 Å². The van der Waals surface area contributed by atoms with Crippen molar-refractivity contribution in [3.63, 3.8) is 0 Å². The fraction of sp³-hybridized carbons (Fsp3) is 0.194. The summed E-state index contributed by atoms with van der Waals surface area (Å²) in [6.07, 6.45) is 1.52. The number of hydrogen-bond donors (Lipinski definition) is 3. The zero-order valence-corrected chi connectivity index (χ0v) is 24.7. The number of aromatic nitrogens is 1. The fourth-order valence-electron chi connectivity index (χ4n) is 4.09. The minimum Gasteiger partial charge on any atom is -0.588 e. The first-order valence-corrected chi connectivity index (χ1v) is 14.2. The molecule has 0 saturated carbocycles. The largest absolute Gasteiger partial charge is 0.588 e. The van der Waals surface area contributed by atoms with Gasteiger partial charge in [0.2, 0.25) is 10.8 Å². The summed E-state index contributed by atoms with van der Waals surface area (Å²) in [7, 11) is 6.44. The molecule has 0 saturated heterocycles. The lowest BCUT2D eigenvalue weighted by atomic mass is 10.0. The van der Waals surface area contributed by atoms with E-state index >= 15 is 0 Å². The fourth-order valence-corrected chi connectivity index (χ4v) is 5.11. The number of anilines is 2. The average Bonchev–Trinajstić information content (AvgIpc) is 3.02. The Labute approximate surface area is 248 Å². The molecule has 1 aromatic heterocycles. The quantitative estimate of drug-likeness (QED) is 0.164. The highest BCUT2D eigenvalue weighted by Gasteiger charge is 2.20. The van der Waals surface area contributed by atoms with E-state index in [9.17, 15) is 14.1 Å². The van der Waals surface area contributed by atoms with Crippen molar-refractivity contribution < 1.29 is 23.6 Å². The Hall–Kier alpha value is -4.74. The number of carbonyl (C=O) groups excluding carboxylic acids is 2. The van der Waals surface area contributed by atoms with Crippen molar-refractivity contribution in [2.45, 2.75) is 4.90 Å². The van der Waals surface area contributed by atoms with E-state index in [4.69, 9.17) is 9.47 Å². The van der Waals surface area contributed by atoms with Gasteiger partial charge in [0.05, 0.1) is 19.9 Å². The van der Waals surface area contributed by atoms with Crippen LogP contribution < -0.4 is 24.8 Å². The molecule has 1 unspecified atom stereocenters. The van der Waals surface area contributed by atoms with Gasteiger partial charge in [0, 0.05) is 62.3 Å². The van der Waals surface area contributed by atoms with E-state index < -0.39 is 11.4 Å². The van der Waals surface area contributed by atoms with Crippen molar-refractivity contribution in [3.05, 3.63) is 96.2 Å². The normalized spacial score (nSPS) is 11.3. The molecular formula is C31H33N5O5S. The predicted molar refractivity (Wildman–Crippen MR) is 165 cm³/mol. The van der Waals surface area contributed by atoms with Gasteiger partial charge in [-0.05, 0) is 53.6 Å². The summed E-state index contributed by atoms with van der Waals surface area (Å²) in [4.78, 5) is 30.8. The summed E-state index contributed by atoms with van der Waals surface area (Å²) in [5, 5.41) is 6.11. The Bertz CT molecular complexity index is 1550. The van der Waals surface area contributed by atoms with Crippen LogP contribution in [0.1, 0.15) is 20.7 Å². The van der Waals surface area contributed by atoms with Gasteiger partial charge < -0.3 is 29.6 Å². The van der Waals surface area contributed by atoms with Gasteiger partial charge in [0.1, 0.15) is 11.4 Å². The Kier molecular flexibility index (Phi) is 10.2. The summed E-state index contributed by atoms with van der Waals surface area (Å²) in [5.74, 6) is 0.524. The van der Waals surface area contributed by atoms with Gasteiger partial charge in [-0.2, -0.15) is 0 Å². The van der Waals surface area contributed by atoms with Crippen LogP contribution in [-0.4, -0.2) is 67.7 Å². The van der Waals surface area contributed by atoms with Crippen LogP contribution in [0.3, 0.4) is 0 Å². The number of hydrogen-bond acceptors (Lipinski definition) is 8. The number of carbonyl (C=O) groups is 2. The molecule has 0 fully saturated rings. The Morgan fingerprint density at radius 1 is 0.857 bits per heavy atom. The number of pyridine rings is 1. The third kappa shape index (κ3) is 7.71. The maximum atomic E-state index is 13.4. The smallest absolute Gasteiger partial charge is 0.253 e. The highest BCUT2D eigenvalue weighted by Crippen LogP contribution is 2.32. The van der Waals surface area contributed by atoms with Crippen LogP contribution in [0.15, 0.2) is 90.0 Å². The molecule has 0 aliphatic rings. The molecule has 0 bridgehead atoms. The topological polar surface area (TPSA) is 128 Å². The first-order chi connectivity index (χ1) is 20.3. The highest BCUT2D eigenvalue weighted by molar-refractivity contribution is 7.92. The van der Waals surface area contributed by atoms with E-state index in [0.29, 0.717) is 46.4 Å². The molecule has 218 valence electrons. The van der Waals surface area contributed by atoms with Crippen LogP contribution in [0.4, 0.5) is 11.4 Å². The lowest BCUT2D eigenvalue weighted by Gasteiger charge is -2.16. The van der Waals surface area contributed by atoms with Crippen molar-refractivity contribution in [1.82, 2.24) is 15.2 Å². The molecule has 10 nitrogen and oxygen atoms in total. The van der Waals surface area contributed by atoms with Gasteiger partial charge in [0.25, 0.3) is 11.8 Å². The van der Waals surface area contributed by atoms with Crippen molar-refractivity contribution in [2.75, 3.05) is 51.4 Å². The van der Waals surface area contributed by atoms with Gasteiger partial charge in [-0.25, -0.2) is 9.71 Å². The molecule has 0 aliphatic carbocycles. The zero-order chi connectivity index (χ0) is 30.1. The molecule has 3 aromatic carbocycles. The SMILES string of the molecule is COc1cc(C(=O)NCCNc2cccc(N[S+]([O-])c3cc(-c4cccc(C(=O)N(C)C)c4)ccc3OC)c2)ccn1. The van der Waals surface area contributed by atoms with E-state index in [1.165, 1.54) is 25.3 Å². The Morgan fingerprint density at radius 2 is 1.62 bits per heavy atom. The number of amides is 2. The van der Waals surface area contributed by atoms with Crippen LogP contribution in [-0.2, 0) is 11.4 Å². The minimum atomic E-state index is -1.65. The van der Waals surface area contributed by atoms with Gasteiger partial charge >= 0.3 is 0 Å². The molecule has 11 heteroatoms. The molecular weight excluding hydrogens is 554 g/mol. The number of nitrogens with one attached hydrogen (secondary N) is 3. The molecule has 1 atom stereocenters. The third-order valence-corrected chi connectivity index (χ3v) is 7.37. The highest BCUT2D eigenvalue weighted by atomic mass is 32.2. The summed E-state index contributed by atoms with van der Waals surface area (Å²) < 4.78 is 27.0. The predicted octanol–water partition coefficient (Wildman–Crippen LogP) is 4.44. The molecule has 0 aliphatic heterocycles. The van der Waals surface area contributed by atoms with Crippen molar-refractivity contribution in [3.8, 4) is 22.8 Å². The number of benzene rings is 3. The average molecular weight is 588 g/mol. The lowest BCUT2D eigenvalue weighted by molar-refractivity contribution is 0.0827. The summed E-state index contributed by atoms with van der Waals surface area (Å²) in [6.45, 7) is 0.865. The van der Waals surface area contributed by atoms with E-state index in [1.807, 2.05) is 48.5 Å². The standard InChI is InChI=1S/C31H33N5O5S/c1-36(2)31(38)24-8-5-7-21(17-24)22-11-12-27(40-3)28(18-22)42(39)35-26-10-6-9-25(20-26)32-15-16-34-30(37)23-13-14-33-29(19-23)41-4/h5-14,17-20,32,35H,15-16H2,1-4H3,(H,34,37). The van der Waals surface area contributed by atoms with Crippen LogP contribution in [0.5, 0.6) is 11.6 Å². The van der Waals surface area contributed by atoms with Crippen LogP contribution in [0.25, 0.3) is 11.1 Å². The monoisotopic (exact) mass is 587 g/mol. The first-order valence-electron chi connectivity index (χ1n) is 13.1. The van der Waals surface area contributed by atoms with E-state index in [2.05, 4.69) is 20.3 Å². The molecule has 4 aromatic rings. The Balaban J connectivity index is 1.40. The second-order valence-electron chi connectivity index (χ2n) is 9.37. The second-order valence-corrected chi connectivity index (χ2v) is 10.5. The summed E-state index contributed by atoms with van der Waals surface area (Å²) >= 11 is -1.65. The number of rotatable bonds is 12. The second kappa shape index (κ2) is 14.2. The van der Waals surface area contributed by atoms with Crippen molar-refractivity contribution in [2.24, 2.45) is 0 Å². The molecule has 1 heterocycles. The number of ether oxygens (including phenoxy) is 2. The van der Waals surface area contributed by atoms with Gasteiger partial charge in [0.15, 0.2) is 5.75 Å².